The molecule has 7 N–H and O–H groups in total. The highest BCUT2D eigenvalue weighted by atomic mass is 19.1. The minimum atomic E-state index is -2.36. The number of rotatable bonds is 10. The molecule has 11 nitrogen and oxygen atoms in total. The number of nitrogens with two attached hydrogens (primary N) is 1. The summed E-state index contributed by atoms with van der Waals surface area (Å²) in [6.07, 6.45) is -2.28. The Kier molecular flexibility index (Phi) is 10.3. The van der Waals surface area contributed by atoms with Gasteiger partial charge in [0.05, 0.1) is 24.2 Å². The fourth-order valence-corrected chi connectivity index (χ4v) is 9.47. The first kappa shape index (κ1) is 38.4. The Morgan fingerprint density at radius 1 is 1.04 bits per heavy atom. The third kappa shape index (κ3) is 6.73. The van der Waals surface area contributed by atoms with Gasteiger partial charge in [-0.15, -0.1) is 0 Å². The highest BCUT2D eigenvalue weighted by Crippen LogP contribution is 2.69. The van der Waals surface area contributed by atoms with Gasteiger partial charge in [-0.25, -0.2) is 8.78 Å². The first-order valence-corrected chi connectivity index (χ1v) is 18.0. The van der Waals surface area contributed by atoms with E-state index in [0.29, 0.717) is 17.7 Å². The van der Waals surface area contributed by atoms with Gasteiger partial charge in [0, 0.05) is 22.6 Å². The van der Waals surface area contributed by atoms with Gasteiger partial charge in [-0.3, -0.25) is 19.2 Å². The number of fused-ring (bicyclic) bond motifs is 5. The van der Waals surface area contributed by atoms with Crippen molar-refractivity contribution in [2.75, 3.05) is 5.32 Å². The van der Waals surface area contributed by atoms with E-state index in [0.717, 1.165) is 17.2 Å². The molecule has 0 heterocycles. The number of nitrogens with one attached hydrogen (secondary N) is 2. The topological polar surface area (TPSA) is 188 Å². The number of carboxylic acids is 1. The Labute approximate surface area is 306 Å². The molecule has 6 rings (SSSR count). The molecule has 0 saturated heterocycles. The monoisotopic (exact) mass is 735 g/mol. The summed E-state index contributed by atoms with van der Waals surface area (Å²) in [7, 11) is 0. The molecule has 13 heteroatoms. The van der Waals surface area contributed by atoms with E-state index >= 15 is 8.78 Å². The van der Waals surface area contributed by atoms with Crippen LogP contribution in [0.3, 0.4) is 0 Å². The molecule has 0 bridgehead atoms. The number of aliphatic hydroxyl groups is 2. The van der Waals surface area contributed by atoms with E-state index in [-0.39, 0.29) is 24.8 Å². The Hall–Kier alpha value is -4.30. The number of aliphatic carboxylic acids is 1. The molecule has 284 valence electrons. The predicted octanol–water partition coefficient (Wildman–Crippen LogP) is 4.07. The molecule has 2 amide bonds. The van der Waals surface area contributed by atoms with Gasteiger partial charge < -0.3 is 36.4 Å². The molecule has 3 saturated carbocycles. The van der Waals surface area contributed by atoms with E-state index < -0.39 is 94.6 Å². The molecule has 2 aromatic carbocycles. The third-order valence-electron chi connectivity index (χ3n) is 12.2. The van der Waals surface area contributed by atoms with E-state index in [9.17, 15) is 34.5 Å². The molecule has 12 atom stereocenters. The number of anilines is 1. The van der Waals surface area contributed by atoms with Gasteiger partial charge in [0.2, 0.25) is 11.8 Å². The summed E-state index contributed by atoms with van der Waals surface area (Å²) in [4.78, 5) is 49.4. The first-order chi connectivity index (χ1) is 24.9. The summed E-state index contributed by atoms with van der Waals surface area (Å²) in [5, 5.41) is 38.5. The number of benzene rings is 2. The van der Waals surface area contributed by atoms with Crippen LogP contribution in [0.5, 0.6) is 0 Å². The number of carbonyl (C=O) groups excluding carboxylic acids is 3. The number of hydrogen-bond acceptors (Lipinski definition) is 8. The van der Waals surface area contributed by atoms with Gasteiger partial charge in [0.1, 0.15) is 12.2 Å². The van der Waals surface area contributed by atoms with Crippen molar-refractivity contribution in [1.29, 1.82) is 0 Å². The van der Waals surface area contributed by atoms with Crippen molar-refractivity contribution >= 4 is 29.3 Å². The Morgan fingerprint density at radius 2 is 1.74 bits per heavy atom. The molecule has 0 unspecified atom stereocenters. The predicted molar refractivity (Wildman–Crippen MR) is 191 cm³/mol. The smallest absolute Gasteiger partial charge is 0.309 e. The second-order valence-electron chi connectivity index (χ2n) is 15.7. The number of carboxylic acid groups (broad SMARTS) is 1. The summed E-state index contributed by atoms with van der Waals surface area (Å²) >= 11 is 0. The highest BCUT2D eigenvalue weighted by Gasteiger charge is 2.74. The zero-order valence-electron chi connectivity index (χ0n) is 30.1. The number of hydrogen-bond donors (Lipinski definition) is 6. The lowest BCUT2D eigenvalue weighted by atomic mass is 9.45. The van der Waals surface area contributed by atoms with Crippen LogP contribution in [0.15, 0.2) is 72.3 Å². The van der Waals surface area contributed by atoms with Crippen LogP contribution in [0.2, 0.25) is 0 Å². The number of aliphatic hydroxyl groups excluding tert-OH is 2. The molecule has 53 heavy (non-hydrogen) atoms. The number of ether oxygens (including phenoxy) is 1. The van der Waals surface area contributed by atoms with Crippen molar-refractivity contribution in [3.05, 3.63) is 89.0 Å². The fourth-order valence-electron chi connectivity index (χ4n) is 9.47. The van der Waals surface area contributed by atoms with Crippen LogP contribution in [0, 0.1) is 28.6 Å². The number of carbonyl (C=O) groups is 4. The number of alkyl halides is 2. The first-order valence-electron chi connectivity index (χ1n) is 18.0. The van der Waals surface area contributed by atoms with E-state index in [4.69, 9.17) is 10.5 Å². The summed E-state index contributed by atoms with van der Waals surface area (Å²) in [6.45, 7) is 6.24. The van der Waals surface area contributed by atoms with Crippen LogP contribution < -0.4 is 16.4 Å². The van der Waals surface area contributed by atoms with E-state index in [1.807, 2.05) is 6.07 Å². The van der Waals surface area contributed by atoms with Crippen molar-refractivity contribution in [2.24, 2.45) is 34.3 Å². The highest BCUT2D eigenvalue weighted by molar-refractivity contribution is 6.01. The lowest BCUT2D eigenvalue weighted by Gasteiger charge is -2.62. The van der Waals surface area contributed by atoms with Gasteiger partial charge in [-0.05, 0) is 98.8 Å². The van der Waals surface area contributed by atoms with Crippen molar-refractivity contribution in [1.82, 2.24) is 5.32 Å². The zero-order chi connectivity index (χ0) is 38.6. The van der Waals surface area contributed by atoms with Crippen molar-refractivity contribution < 1.29 is 48.0 Å². The molecular weight excluding hydrogens is 688 g/mol. The van der Waals surface area contributed by atoms with Gasteiger partial charge >= 0.3 is 5.97 Å². The molecule has 0 aliphatic heterocycles. The van der Waals surface area contributed by atoms with Crippen LogP contribution in [0.4, 0.5) is 14.5 Å². The summed E-state index contributed by atoms with van der Waals surface area (Å²) < 4.78 is 39.3. The van der Waals surface area contributed by atoms with Gasteiger partial charge in [0.15, 0.2) is 17.7 Å². The average Bonchev–Trinajstić information content (AvgIpc) is 3.38. The average molecular weight is 736 g/mol. The Morgan fingerprint density at radius 3 is 2.40 bits per heavy atom. The van der Waals surface area contributed by atoms with Gasteiger partial charge in [0.25, 0.3) is 0 Å². The summed E-state index contributed by atoms with van der Waals surface area (Å²) in [6, 6.07) is 12.5. The molecule has 0 spiro atoms. The largest absolute Gasteiger partial charge is 0.481 e. The zero-order valence-corrected chi connectivity index (χ0v) is 30.1. The number of amides is 2. The van der Waals surface area contributed by atoms with Crippen molar-refractivity contribution in [2.45, 2.75) is 95.8 Å². The van der Waals surface area contributed by atoms with Gasteiger partial charge in [-0.1, -0.05) is 49.4 Å². The van der Waals surface area contributed by atoms with Crippen LogP contribution in [0.25, 0.3) is 0 Å². The third-order valence-corrected chi connectivity index (χ3v) is 12.2. The van der Waals surface area contributed by atoms with Crippen LogP contribution in [-0.2, 0) is 30.3 Å². The lowest BCUT2D eigenvalue weighted by molar-refractivity contribution is -0.206. The fraction of sp³-hybridized carbons (Fsp3) is 0.500. The van der Waals surface area contributed by atoms with E-state index in [1.54, 1.807) is 56.3 Å². The summed E-state index contributed by atoms with van der Waals surface area (Å²) in [5.74, 6) is -5.50. The maximum Gasteiger partial charge on any atom is 0.309 e. The number of halogens is 2. The molecule has 2 aromatic rings. The minimum absolute atomic E-state index is 0.0139. The van der Waals surface area contributed by atoms with Crippen LogP contribution >= 0.6 is 0 Å². The standard InChI is InChI=1S/C40H47F2N3O8/c1-20(43)34(48)44-21(2)35(49)45-25-7-5-6-23(15-25)14-22-8-10-24(11-9-22)37(52)53-31-18-27-28-17-30(41)29-16-26(46)12-13-39(29,4)40(28,42)32(47)19-38(27,3)33(31)36(50)51/h5-13,15-16,20-21,27-28,30-33,37,47,52H,14,17-19,43H2,1-4H3,(H,44,48)(H,45,49)(H,50,51)/t20-,21-,27-,28-,30-,31+,32-,33+,37-,38-,39-,40-/m0/s1. The van der Waals surface area contributed by atoms with E-state index in [2.05, 4.69) is 10.6 Å². The van der Waals surface area contributed by atoms with Crippen molar-refractivity contribution in [3.8, 4) is 0 Å². The second kappa shape index (κ2) is 14.2. The van der Waals surface area contributed by atoms with Crippen molar-refractivity contribution in [3.63, 3.8) is 0 Å². The molecule has 3 fully saturated rings. The van der Waals surface area contributed by atoms with Crippen LogP contribution in [0.1, 0.15) is 69.9 Å². The maximum atomic E-state index is 17.5. The summed E-state index contributed by atoms with van der Waals surface area (Å²) in [5.41, 5.74) is 3.07. The number of allylic oxidation sites excluding steroid dienone is 4. The molecule has 0 radical (unpaired) electrons. The normalized spacial score (nSPS) is 34.8. The molecule has 0 aromatic heterocycles. The minimum Gasteiger partial charge on any atom is -0.481 e. The Bertz CT molecular complexity index is 1850. The maximum absolute atomic E-state index is 17.5. The lowest BCUT2D eigenvalue weighted by Crippen LogP contribution is -2.68. The quantitative estimate of drug-likeness (QED) is 0.196. The van der Waals surface area contributed by atoms with Crippen LogP contribution in [-0.4, -0.2) is 75.0 Å². The molecule has 4 aliphatic carbocycles. The van der Waals surface area contributed by atoms with Gasteiger partial charge in [-0.2, -0.15) is 0 Å². The SMILES string of the molecule is C[C@H](N)C(=O)N[C@@H](C)C(=O)Nc1cccc(Cc2ccc([C@@H](O)O[C@@H]3C[C@H]4[C@@H]5C[C@H](F)C6=CC(=O)C=C[C@]6(C)[C@@]5(F)[C@@H](O)C[C@]4(C)[C@H]3C(=O)O)cc2)c1. The molecule has 4 aliphatic rings. The second-order valence-corrected chi connectivity index (χ2v) is 15.7. The Balaban J connectivity index is 1.15. The molecular formula is C40H47F2N3O8. The number of ketones is 1. The van der Waals surface area contributed by atoms with E-state index in [1.165, 1.54) is 26.0 Å².